The Morgan fingerprint density at radius 2 is 2.06 bits per heavy atom. The Hall–Kier alpha value is -2.17. The Morgan fingerprint density at radius 3 is 2.67 bits per heavy atom. The molecule has 0 aliphatic rings. The third-order valence-corrected chi connectivity index (χ3v) is 2.56. The number of carbonyl (C=O) groups is 1. The molecular weight excluding hydrogens is 230 g/mol. The van der Waals surface area contributed by atoms with Gasteiger partial charge in [-0.2, -0.15) is 4.98 Å². The van der Waals surface area contributed by atoms with Gasteiger partial charge in [-0.15, -0.1) is 0 Å². The van der Waals surface area contributed by atoms with E-state index in [0.29, 0.717) is 18.3 Å². The lowest BCUT2D eigenvalue weighted by Crippen LogP contribution is -2.27. The number of aromatic nitrogens is 2. The van der Waals surface area contributed by atoms with E-state index in [9.17, 15) is 4.79 Å². The highest BCUT2D eigenvalue weighted by molar-refractivity contribution is 5.77. The van der Waals surface area contributed by atoms with Gasteiger partial charge in [0, 0.05) is 13.6 Å². The Bertz CT molecular complexity index is 522. The molecule has 0 saturated heterocycles. The molecule has 1 aromatic carbocycles. The summed E-state index contributed by atoms with van der Waals surface area (Å²) >= 11 is 0. The SMILES string of the molecule is Cc1noc(CC(=O)N(C)Cc2ccccc2)n1. The fourth-order valence-corrected chi connectivity index (χ4v) is 1.62. The van der Waals surface area contributed by atoms with Crippen LogP contribution in [0.4, 0.5) is 0 Å². The molecule has 1 heterocycles. The highest BCUT2D eigenvalue weighted by Crippen LogP contribution is 2.05. The zero-order chi connectivity index (χ0) is 13.0. The van der Waals surface area contributed by atoms with Crippen LogP contribution in [-0.4, -0.2) is 28.0 Å². The van der Waals surface area contributed by atoms with Crippen LogP contribution in [0.5, 0.6) is 0 Å². The molecule has 0 unspecified atom stereocenters. The first kappa shape index (κ1) is 12.3. The molecule has 5 nitrogen and oxygen atoms in total. The van der Waals surface area contributed by atoms with Crippen LogP contribution in [0.15, 0.2) is 34.9 Å². The minimum Gasteiger partial charge on any atom is -0.341 e. The third kappa shape index (κ3) is 3.16. The highest BCUT2D eigenvalue weighted by atomic mass is 16.5. The molecule has 5 heteroatoms. The third-order valence-electron chi connectivity index (χ3n) is 2.56. The molecule has 0 fully saturated rings. The number of likely N-dealkylation sites (N-methyl/N-ethyl adjacent to an activating group) is 1. The summed E-state index contributed by atoms with van der Waals surface area (Å²) in [6, 6.07) is 9.83. The smallest absolute Gasteiger partial charge is 0.236 e. The predicted octanol–water partition coefficient (Wildman–Crippen LogP) is 1.58. The van der Waals surface area contributed by atoms with Crippen LogP contribution >= 0.6 is 0 Å². The quantitative estimate of drug-likeness (QED) is 0.820. The molecule has 2 rings (SSSR count). The number of carbonyl (C=O) groups excluding carboxylic acids is 1. The highest BCUT2D eigenvalue weighted by Gasteiger charge is 2.14. The van der Waals surface area contributed by atoms with E-state index in [2.05, 4.69) is 10.1 Å². The van der Waals surface area contributed by atoms with Gasteiger partial charge in [0.05, 0.1) is 0 Å². The van der Waals surface area contributed by atoms with E-state index in [1.807, 2.05) is 30.3 Å². The number of amides is 1. The normalized spacial score (nSPS) is 10.3. The Labute approximate surface area is 105 Å². The van der Waals surface area contributed by atoms with Crippen molar-refractivity contribution < 1.29 is 9.32 Å². The van der Waals surface area contributed by atoms with Crippen LogP contribution in [0.2, 0.25) is 0 Å². The lowest BCUT2D eigenvalue weighted by atomic mass is 10.2. The minimum atomic E-state index is -0.0393. The van der Waals surface area contributed by atoms with E-state index in [0.717, 1.165) is 5.56 Å². The van der Waals surface area contributed by atoms with Crippen LogP contribution in [0, 0.1) is 6.92 Å². The number of rotatable bonds is 4. The number of hydrogen-bond donors (Lipinski definition) is 0. The van der Waals surface area contributed by atoms with E-state index in [-0.39, 0.29) is 12.3 Å². The monoisotopic (exact) mass is 245 g/mol. The van der Waals surface area contributed by atoms with Gasteiger partial charge in [-0.25, -0.2) is 0 Å². The van der Waals surface area contributed by atoms with E-state index < -0.39 is 0 Å². The average Bonchev–Trinajstić information content (AvgIpc) is 2.76. The molecule has 0 N–H and O–H groups in total. The molecule has 0 radical (unpaired) electrons. The van der Waals surface area contributed by atoms with Gasteiger partial charge in [0.15, 0.2) is 5.82 Å². The molecular formula is C13H15N3O2. The fourth-order valence-electron chi connectivity index (χ4n) is 1.62. The van der Waals surface area contributed by atoms with Crippen LogP contribution in [0.25, 0.3) is 0 Å². The van der Waals surface area contributed by atoms with Crippen molar-refractivity contribution in [2.75, 3.05) is 7.05 Å². The van der Waals surface area contributed by atoms with Gasteiger partial charge >= 0.3 is 0 Å². The van der Waals surface area contributed by atoms with Crippen LogP contribution in [-0.2, 0) is 17.8 Å². The lowest BCUT2D eigenvalue weighted by molar-refractivity contribution is -0.130. The van der Waals surface area contributed by atoms with Gasteiger partial charge < -0.3 is 9.42 Å². The summed E-state index contributed by atoms with van der Waals surface area (Å²) in [6.45, 7) is 2.30. The van der Waals surface area contributed by atoms with Crippen LogP contribution < -0.4 is 0 Å². The maximum absolute atomic E-state index is 11.9. The summed E-state index contributed by atoms with van der Waals surface area (Å²) < 4.78 is 4.93. The number of aryl methyl sites for hydroxylation is 1. The van der Waals surface area contributed by atoms with E-state index >= 15 is 0 Å². The average molecular weight is 245 g/mol. The minimum absolute atomic E-state index is 0.0393. The molecule has 94 valence electrons. The summed E-state index contributed by atoms with van der Waals surface area (Å²) in [5.74, 6) is 0.864. The topological polar surface area (TPSA) is 59.2 Å². The molecule has 0 spiro atoms. The number of hydrogen-bond acceptors (Lipinski definition) is 4. The summed E-state index contributed by atoms with van der Waals surface area (Å²) in [7, 11) is 1.76. The van der Waals surface area contributed by atoms with Gasteiger partial charge in [0.25, 0.3) is 0 Å². The molecule has 0 atom stereocenters. The van der Waals surface area contributed by atoms with Crippen molar-refractivity contribution in [2.45, 2.75) is 19.9 Å². The Kier molecular flexibility index (Phi) is 3.72. The standard InChI is InChI=1S/C13H15N3O2/c1-10-14-12(18-15-10)8-13(17)16(2)9-11-6-4-3-5-7-11/h3-7H,8-9H2,1-2H3. The molecule has 18 heavy (non-hydrogen) atoms. The van der Waals surface area contributed by atoms with Gasteiger partial charge in [-0.3, -0.25) is 4.79 Å². The molecule has 0 aliphatic heterocycles. The zero-order valence-electron chi connectivity index (χ0n) is 10.5. The summed E-state index contributed by atoms with van der Waals surface area (Å²) in [5, 5.41) is 3.66. The van der Waals surface area contributed by atoms with Crippen LogP contribution in [0.3, 0.4) is 0 Å². The summed E-state index contributed by atoms with van der Waals surface area (Å²) in [4.78, 5) is 17.6. The van der Waals surface area contributed by atoms with Crippen molar-refractivity contribution in [3.63, 3.8) is 0 Å². The molecule has 0 saturated carbocycles. The number of nitrogens with zero attached hydrogens (tertiary/aromatic N) is 3. The van der Waals surface area contributed by atoms with E-state index in [1.165, 1.54) is 0 Å². The van der Waals surface area contributed by atoms with Gasteiger partial charge in [-0.1, -0.05) is 35.5 Å². The zero-order valence-corrected chi connectivity index (χ0v) is 10.5. The first-order chi connectivity index (χ1) is 8.65. The fraction of sp³-hybridized carbons (Fsp3) is 0.308. The first-order valence-electron chi connectivity index (χ1n) is 5.72. The van der Waals surface area contributed by atoms with Crippen molar-refractivity contribution in [1.82, 2.24) is 15.0 Å². The lowest BCUT2D eigenvalue weighted by Gasteiger charge is -2.16. The molecule has 2 aromatic rings. The first-order valence-corrected chi connectivity index (χ1v) is 5.72. The summed E-state index contributed by atoms with van der Waals surface area (Å²) in [6.07, 6.45) is 0.143. The van der Waals surface area contributed by atoms with E-state index in [4.69, 9.17) is 4.52 Å². The maximum Gasteiger partial charge on any atom is 0.236 e. The molecule has 0 bridgehead atoms. The van der Waals surface area contributed by atoms with Crippen molar-refractivity contribution >= 4 is 5.91 Å². The van der Waals surface area contributed by atoms with E-state index in [1.54, 1.807) is 18.9 Å². The second kappa shape index (κ2) is 5.44. The van der Waals surface area contributed by atoms with Crippen molar-refractivity contribution in [1.29, 1.82) is 0 Å². The van der Waals surface area contributed by atoms with Crippen molar-refractivity contribution in [2.24, 2.45) is 0 Å². The van der Waals surface area contributed by atoms with Gasteiger partial charge in [-0.05, 0) is 12.5 Å². The molecule has 0 aliphatic carbocycles. The molecule has 1 aromatic heterocycles. The van der Waals surface area contributed by atoms with Gasteiger partial charge in [0.2, 0.25) is 11.8 Å². The van der Waals surface area contributed by atoms with Crippen molar-refractivity contribution in [3.8, 4) is 0 Å². The summed E-state index contributed by atoms with van der Waals surface area (Å²) in [5.41, 5.74) is 1.09. The Balaban J connectivity index is 1.93. The van der Waals surface area contributed by atoms with Crippen LogP contribution in [0.1, 0.15) is 17.3 Å². The maximum atomic E-state index is 11.9. The largest absolute Gasteiger partial charge is 0.341 e. The van der Waals surface area contributed by atoms with Gasteiger partial charge in [0.1, 0.15) is 6.42 Å². The second-order valence-corrected chi connectivity index (χ2v) is 4.15. The van der Waals surface area contributed by atoms with Crippen molar-refractivity contribution in [3.05, 3.63) is 47.6 Å². The second-order valence-electron chi connectivity index (χ2n) is 4.15. The number of benzene rings is 1. The Morgan fingerprint density at radius 1 is 1.33 bits per heavy atom. The molecule has 1 amide bonds. The predicted molar refractivity (Wildman–Crippen MR) is 65.7 cm³/mol.